The minimum Gasteiger partial charge on any atom is -0.497 e. The van der Waals surface area contributed by atoms with Crippen molar-refractivity contribution in [3.05, 3.63) is 29.8 Å². The first kappa shape index (κ1) is 25.0. The summed E-state index contributed by atoms with van der Waals surface area (Å²) in [5.74, 6) is -1.78. The highest BCUT2D eigenvalue weighted by Crippen LogP contribution is 2.29. The lowest BCUT2D eigenvalue weighted by Crippen LogP contribution is -2.56. The molecular weight excluding hydrogens is 450 g/mol. The number of nitrogens with zero attached hydrogens (tertiary/aromatic N) is 2. The van der Waals surface area contributed by atoms with Crippen LogP contribution >= 0.6 is 0 Å². The number of carbonyl (C=O) groups is 3. The van der Waals surface area contributed by atoms with E-state index in [1.165, 1.54) is 18.1 Å². The number of methoxy groups -OCH3 is 1. The third-order valence-electron chi connectivity index (χ3n) is 6.31. The Morgan fingerprint density at radius 2 is 1.88 bits per heavy atom. The highest BCUT2D eigenvalue weighted by atomic mass is 32.2. The number of carboxylic acids is 1. The maximum atomic E-state index is 13.4. The predicted octanol–water partition coefficient (Wildman–Crippen LogP) is 1.28. The van der Waals surface area contributed by atoms with Gasteiger partial charge in [-0.05, 0) is 37.0 Å². The lowest BCUT2D eigenvalue weighted by molar-refractivity contribution is -0.138. The van der Waals surface area contributed by atoms with Crippen molar-refractivity contribution < 1.29 is 32.6 Å². The lowest BCUT2D eigenvalue weighted by atomic mass is 9.82. The summed E-state index contributed by atoms with van der Waals surface area (Å²) in [6, 6.07) is 5.77. The monoisotopic (exact) mass is 481 g/mol. The molecular formula is C22H31N3O7S. The SMILES string of the molecule is COc1cccc(C(=O)N2CCN(S(C)(=O)=O)C2C(=O)NC(CC(=O)O)C2CCCCC2)c1. The second kappa shape index (κ2) is 10.5. The van der Waals surface area contributed by atoms with Crippen molar-refractivity contribution in [3.63, 3.8) is 0 Å². The quantitative estimate of drug-likeness (QED) is 0.571. The summed E-state index contributed by atoms with van der Waals surface area (Å²) < 4.78 is 31.0. The van der Waals surface area contributed by atoms with Crippen LogP contribution in [0.1, 0.15) is 48.9 Å². The fraction of sp³-hybridized carbons (Fsp3) is 0.591. The topological polar surface area (TPSA) is 133 Å². The Hall–Kier alpha value is -2.66. The van der Waals surface area contributed by atoms with Crippen LogP contribution in [-0.4, -0.2) is 79.2 Å². The molecule has 1 saturated heterocycles. The van der Waals surface area contributed by atoms with E-state index >= 15 is 0 Å². The van der Waals surface area contributed by atoms with Crippen molar-refractivity contribution in [1.82, 2.24) is 14.5 Å². The summed E-state index contributed by atoms with van der Waals surface area (Å²) in [5, 5.41) is 12.2. The van der Waals surface area contributed by atoms with Gasteiger partial charge in [0.05, 0.1) is 19.8 Å². The van der Waals surface area contributed by atoms with Crippen molar-refractivity contribution in [2.24, 2.45) is 5.92 Å². The van der Waals surface area contributed by atoms with Gasteiger partial charge in [-0.1, -0.05) is 25.3 Å². The molecule has 182 valence electrons. The number of ether oxygens (including phenoxy) is 1. The van der Waals surface area contributed by atoms with E-state index in [1.807, 2.05) is 0 Å². The predicted molar refractivity (Wildman–Crippen MR) is 120 cm³/mol. The van der Waals surface area contributed by atoms with E-state index in [4.69, 9.17) is 4.74 Å². The maximum Gasteiger partial charge on any atom is 0.305 e. The smallest absolute Gasteiger partial charge is 0.305 e. The summed E-state index contributed by atoms with van der Waals surface area (Å²) in [7, 11) is -2.34. The molecule has 11 heteroatoms. The Labute approximate surface area is 193 Å². The first-order valence-electron chi connectivity index (χ1n) is 11.1. The van der Waals surface area contributed by atoms with Crippen molar-refractivity contribution in [1.29, 1.82) is 0 Å². The molecule has 1 aromatic carbocycles. The number of amides is 2. The summed E-state index contributed by atoms with van der Waals surface area (Å²) >= 11 is 0. The molecule has 2 aliphatic rings. The molecule has 1 saturated carbocycles. The van der Waals surface area contributed by atoms with Gasteiger partial charge in [0.15, 0.2) is 6.17 Å². The van der Waals surface area contributed by atoms with Crippen LogP contribution in [0.2, 0.25) is 0 Å². The van der Waals surface area contributed by atoms with E-state index in [0.717, 1.165) is 42.7 Å². The minimum absolute atomic E-state index is 0.00516. The molecule has 33 heavy (non-hydrogen) atoms. The normalized spacial score (nSPS) is 20.9. The van der Waals surface area contributed by atoms with Crippen molar-refractivity contribution in [2.45, 2.75) is 50.7 Å². The molecule has 0 spiro atoms. The van der Waals surface area contributed by atoms with Gasteiger partial charge in [-0.15, -0.1) is 0 Å². The Morgan fingerprint density at radius 3 is 2.48 bits per heavy atom. The molecule has 2 N–H and O–H groups in total. The summed E-state index contributed by atoms with van der Waals surface area (Å²) in [5.41, 5.74) is 0.261. The highest BCUT2D eigenvalue weighted by molar-refractivity contribution is 7.88. The molecule has 1 aliphatic heterocycles. The van der Waals surface area contributed by atoms with Crippen LogP contribution in [0.5, 0.6) is 5.75 Å². The average molecular weight is 482 g/mol. The average Bonchev–Trinajstić information content (AvgIpc) is 3.24. The van der Waals surface area contributed by atoms with Crippen molar-refractivity contribution in [3.8, 4) is 5.75 Å². The van der Waals surface area contributed by atoms with E-state index < -0.39 is 40.0 Å². The number of aliphatic carboxylic acids is 1. The van der Waals surface area contributed by atoms with Crippen LogP contribution in [0, 0.1) is 5.92 Å². The highest BCUT2D eigenvalue weighted by Gasteiger charge is 2.45. The Kier molecular flexibility index (Phi) is 7.96. The van der Waals surface area contributed by atoms with E-state index in [-0.39, 0.29) is 31.0 Å². The number of nitrogens with one attached hydrogen (secondary N) is 1. The maximum absolute atomic E-state index is 13.4. The van der Waals surface area contributed by atoms with Crippen LogP contribution < -0.4 is 10.1 Å². The fourth-order valence-electron chi connectivity index (χ4n) is 4.68. The number of rotatable bonds is 8. The first-order valence-corrected chi connectivity index (χ1v) is 12.9. The van der Waals surface area contributed by atoms with Crippen LogP contribution in [0.3, 0.4) is 0 Å². The number of carboxylic acid groups (broad SMARTS) is 1. The number of sulfonamides is 1. The molecule has 10 nitrogen and oxygen atoms in total. The van der Waals surface area contributed by atoms with E-state index in [9.17, 15) is 27.9 Å². The van der Waals surface area contributed by atoms with Gasteiger partial charge in [-0.2, -0.15) is 4.31 Å². The molecule has 3 rings (SSSR count). The van der Waals surface area contributed by atoms with Gasteiger partial charge in [-0.25, -0.2) is 8.42 Å². The van der Waals surface area contributed by atoms with Gasteiger partial charge in [0.2, 0.25) is 10.0 Å². The van der Waals surface area contributed by atoms with Gasteiger partial charge in [0.25, 0.3) is 11.8 Å². The van der Waals surface area contributed by atoms with E-state index in [1.54, 1.807) is 18.2 Å². The zero-order chi connectivity index (χ0) is 24.2. The fourth-order valence-corrected chi connectivity index (χ4v) is 5.66. The molecule has 1 heterocycles. The molecule has 0 bridgehead atoms. The molecule has 0 aromatic heterocycles. The molecule has 1 aliphatic carbocycles. The van der Waals surface area contributed by atoms with Crippen molar-refractivity contribution in [2.75, 3.05) is 26.5 Å². The van der Waals surface area contributed by atoms with Crippen molar-refractivity contribution >= 4 is 27.8 Å². The van der Waals surface area contributed by atoms with Gasteiger partial charge in [0.1, 0.15) is 5.75 Å². The summed E-state index contributed by atoms with van der Waals surface area (Å²) in [6.45, 7) is 0.00782. The van der Waals surface area contributed by atoms with Gasteiger partial charge >= 0.3 is 5.97 Å². The van der Waals surface area contributed by atoms with Crippen LogP contribution in [0.25, 0.3) is 0 Å². The van der Waals surface area contributed by atoms with Crippen LogP contribution in [0.15, 0.2) is 24.3 Å². The second-order valence-electron chi connectivity index (χ2n) is 8.59. The molecule has 1 aromatic rings. The Bertz CT molecular complexity index is 991. The third kappa shape index (κ3) is 6.02. The molecule has 0 radical (unpaired) electrons. The van der Waals surface area contributed by atoms with Gasteiger partial charge in [0, 0.05) is 24.7 Å². The zero-order valence-electron chi connectivity index (χ0n) is 18.9. The molecule has 2 amide bonds. The second-order valence-corrected chi connectivity index (χ2v) is 10.5. The summed E-state index contributed by atoms with van der Waals surface area (Å²) in [6.07, 6.45) is 3.91. The Balaban J connectivity index is 1.88. The first-order chi connectivity index (χ1) is 15.6. The zero-order valence-corrected chi connectivity index (χ0v) is 19.7. The number of hydrogen-bond acceptors (Lipinski definition) is 6. The summed E-state index contributed by atoms with van der Waals surface area (Å²) in [4.78, 5) is 39.3. The largest absolute Gasteiger partial charge is 0.497 e. The van der Waals surface area contributed by atoms with Crippen LogP contribution in [0.4, 0.5) is 0 Å². The molecule has 2 fully saturated rings. The standard InChI is InChI=1S/C22H31N3O7S/c1-32-17-10-6-9-16(13-17)22(29)24-11-12-25(33(2,30)31)21(24)20(28)23-18(14-19(26)27)15-7-4-3-5-8-15/h6,9-10,13,15,18,21H,3-5,7-8,11-12,14H2,1-2H3,(H,23,28)(H,26,27). The minimum atomic E-state index is -3.80. The van der Waals surface area contributed by atoms with Gasteiger partial charge in [-0.3, -0.25) is 14.4 Å². The number of benzene rings is 1. The van der Waals surface area contributed by atoms with E-state index in [0.29, 0.717) is 5.75 Å². The van der Waals surface area contributed by atoms with Gasteiger partial charge < -0.3 is 20.1 Å². The van der Waals surface area contributed by atoms with Crippen LogP contribution in [-0.2, 0) is 19.6 Å². The van der Waals surface area contributed by atoms with E-state index in [2.05, 4.69) is 5.32 Å². The lowest BCUT2D eigenvalue weighted by Gasteiger charge is -2.33. The number of hydrogen-bond donors (Lipinski definition) is 2. The number of carbonyl (C=O) groups excluding carboxylic acids is 2. The third-order valence-corrected chi connectivity index (χ3v) is 7.54. The molecule has 2 atom stereocenters. The Morgan fingerprint density at radius 1 is 1.18 bits per heavy atom. The molecule has 2 unspecified atom stereocenters.